The molecule has 1 aromatic heterocycles. The van der Waals surface area contributed by atoms with Crippen LogP contribution in [0.15, 0.2) is 17.5 Å². The first kappa shape index (κ1) is 21.7. The van der Waals surface area contributed by atoms with Crippen LogP contribution in [0.2, 0.25) is 0 Å². The van der Waals surface area contributed by atoms with Crippen LogP contribution in [-0.2, 0) is 9.53 Å². The van der Waals surface area contributed by atoms with E-state index < -0.39 is 0 Å². The first-order chi connectivity index (χ1) is 10.8. The van der Waals surface area contributed by atoms with E-state index in [0.717, 1.165) is 45.8 Å². The summed E-state index contributed by atoms with van der Waals surface area (Å²) in [5.74, 6) is 0.687. The third-order valence-electron chi connectivity index (χ3n) is 4.49. The summed E-state index contributed by atoms with van der Waals surface area (Å²) in [5.41, 5.74) is 0. The van der Waals surface area contributed by atoms with Crippen molar-refractivity contribution < 1.29 is 9.53 Å². The van der Waals surface area contributed by atoms with Gasteiger partial charge in [-0.25, -0.2) is 0 Å². The van der Waals surface area contributed by atoms with Gasteiger partial charge in [0, 0.05) is 30.9 Å². The number of hydrogen-bond donors (Lipinski definition) is 2. The Morgan fingerprint density at radius 1 is 1.42 bits per heavy atom. The van der Waals surface area contributed by atoms with Crippen molar-refractivity contribution in [1.82, 2.24) is 15.5 Å². The Bertz CT molecular complexity index is 464. The Labute approximate surface area is 160 Å². The normalized spacial score (nSPS) is 22.2. The van der Waals surface area contributed by atoms with Crippen LogP contribution in [0.1, 0.15) is 23.8 Å². The fraction of sp³-hybridized carbons (Fsp3) is 0.688. The Balaban J connectivity index is 0.00000144. The molecule has 0 bridgehead atoms. The first-order valence-electron chi connectivity index (χ1n) is 8.15. The molecule has 0 aliphatic carbocycles. The molecule has 2 atom stereocenters. The molecule has 2 fully saturated rings. The number of amides is 1. The van der Waals surface area contributed by atoms with E-state index >= 15 is 0 Å². The predicted octanol–water partition coefficient (Wildman–Crippen LogP) is 2.08. The first-order valence-corrected chi connectivity index (χ1v) is 9.03. The Morgan fingerprint density at radius 2 is 2.21 bits per heavy atom. The van der Waals surface area contributed by atoms with Gasteiger partial charge in [-0.05, 0) is 36.9 Å². The molecule has 1 amide bonds. The minimum atomic E-state index is 0. The summed E-state index contributed by atoms with van der Waals surface area (Å²) in [6.45, 7) is 6.15. The van der Waals surface area contributed by atoms with Gasteiger partial charge in [-0.1, -0.05) is 6.07 Å². The van der Waals surface area contributed by atoms with Crippen LogP contribution in [-0.4, -0.2) is 56.7 Å². The van der Waals surface area contributed by atoms with E-state index in [1.54, 1.807) is 11.3 Å². The van der Waals surface area contributed by atoms with Crippen LogP contribution in [0.5, 0.6) is 0 Å². The van der Waals surface area contributed by atoms with E-state index in [2.05, 4.69) is 33.0 Å². The number of nitrogens with one attached hydrogen (secondary N) is 2. The highest BCUT2D eigenvalue weighted by molar-refractivity contribution is 7.10. The molecule has 2 unspecified atom stereocenters. The van der Waals surface area contributed by atoms with Gasteiger partial charge in [0.2, 0.25) is 5.91 Å². The van der Waals surface area contributed by atoms with Gasteiger partial charge in [0.25, 0.3) is 0 Å². The molecule has 0 radical (unpaired) electrons. The Morgan fingerprint density at radius 3 is 2.83 bits per heavy atom. The zero-order valence-corrected chi connectivity index (χ0v) is 16.2. The largest absolute Gasteiger partial charge is 0.379 e. The number of halogens is 2. The number of rotatable bonds is 6. The highest BCUT2D eigenvalue weighted by Gasteiger charge is 2.24. The summed E-state index contributed by atoms with van der Waals surface area (Å²) in [4.78, 5) is 15.9. The lowest BCUT2D eigenvalue weighted by atomic mass is 10.0. The lowest BCUT2D eigenvalue weighted by molar-refractivity contribution is -0.122. The van der Waals surface area contributed by atoms with Crippen molar-refractivity contribution in [3.63, 3.8) is 0 Å². The molecule has 0 saturated carbocycles. The molecule has 1 aromatic rings. The number of hydrogen-bond acceptors (Lipinski definition) is 5. The van der Waals surface area contributed by atoms with Gasteiger partial charge in [-0.2, -0.15) is 0 Å². The Hall–Kier alpha value is -0.370. The summed E-state index contributed by atoms with van der Waals surface area (Å²) in [6, 6.07) is 4.52. The molecule has 2 N–H and O–H groups in total. The average molecular weight is 396 g/mol. The van der Waals surface area contributed by atoms with Gasteiger partial charge in [-0.3, -0.25) is 9.69 Å². The monoisotopic (exact) mass is 395 g/mol. The fourth-order valence-corrected chi connectivity index (χ4v) is 4.07. The molecule has 5 nitrogen and oxygen atoms in total. The lowest BCUT2D eigenvalue weighted by Gasteiger charge is -2.34. The molecule has 0 spiro atoms. The maximum Gasteiger partial charge on any atom is 0.220 e. The molecule has 8 heteroatoms. The molecule has 3 rings (SSSR count). The fourth-order valence-electron chi connectivity index (χ4n) is 3.21. The van der Waals surface area contributed by atoms with Gasteiger partial charge < -0.3 is 15.4 Å². The van der Waals surface area contributed by atoms with Crippen molar-refractivity contribution >= 4 is 42.1 Å². The van der Waals surface area contributed by atoms with Crippen molar-refractivity contribution in [2.75, 3.05) is 45.9 Å². The van der Waals surface area contributed by atoms with Crippen molar-refractivity contribution in [3.8, 4) is 0 Å². The predicted molar refractivity (Wildman–Crippen MR) is 103 cm³/mol. The molecule has 2 aliphatic rings. The minimum absolute atomic E-state index is 0. The second kappa shape index (κ2) is 11.3. The molecule has 2 saturated heterocycles. The molecular weight excluding hydrogens is 369 g/mol. The van der Waals surface area contributed by atoms with Gasteiger partial charge in [0.1, 0.15) is 0 Å². The second-order valence-electron chi connectivity index (χ2n) is 6.05. The van der Waals surface area contributed by atoms with E-state index in [-0.39, 0.29) is 36.8 Å². The molecule has 138 valence electrons. The number of nitrogens with zero attached hydrogens (tertiary/aromatic N) is 1. The van der Waals surface area contributed by atoms with Crippen LogP contribution >= 0.6 is 36.2 Å². The SMILES string of the molecule is Cl.Cl.O=C(CC1CCNC1)NCC(c1cccs1)N1CCOCC1. The lowest BCUT2D eigenvalue weighted by Crippen LogP contribution is -2.43. The number of carbonyl (C=O) groups is 1. The van der Waals surface area contributed by atoms with E-state index in [9.17, 15) is 4.79 Å². The van der Waals surface area contributed by atoms with Gasteiger partial charge in [0.05, 0.1) is 19.3 Å². The molecular formula is C16H27Cl2N3O2S. The summed E-state index contributed by atoms with van der Waals surface area (Å²) in [5, 5.41) is 8.57. The minimum Gasteiger partial charge on any atom is -0.379 e. The van der Waals surface area contributed by atoms with E-state index in [0.29, 0.717) is 18.9 Å². The van der Waals surface area contributed by atoms with Gasteiger partial charge >= 0.3 is 0 Å². The maximum atomic E-state index is 12.2. The van der Waals surface area contributed by atoms with Crippen LogP contribution in [0.4, 0.5) is 0 Å². The second-order valence-corrected chi connectivity index (χ2v) is 7.03. The standard InChI is InChI=1S/C16H25N3O2S.2ClH/c20-16(10-13-3-4-17-11-13)18-12-14(15-2-1-9-22-15)19-5-7-21-8-6-19;;/h1-2,9,13-14,17H,3-8,10-12H2,(H,18,20);2*1H. The smallest absolute Gasteiger partial charge is 0.220 e. The van der Waals surface area contributed by atoms with Crippen molar-refractivity contribution in [3.05, 3.63) is 22.4 Å². The van der Waals surface area contributed by atoms with Gasteiger partial charge in [-0.15, -0.1) is 36.2 Å². The van der Waals surface area contributed by atoms with Crippen molar-refractivity contribution in [1.29, 1.82) is 0 Å². The third kappa shape index (κ3) is 6.17. The summed E-state index contributed by atoms with van der Waals surface area (Å²) < 4.78 is 5.45. The highest BCUT2D eigenvalue weighted by atomic mass is 35.5. The van der Waals surface area contributed by atoms with Crippen LogP contribution < -0.4 is 10.6 Å². The number of morpholine rings is 1. The molecule has 0 aromatic carbocycles. The van der Waals surface area contributed by atoms with E-state index in [1.807, 2.05) is 0 Å². The third-order valence-corrected chi connectivity index (χ3v) is 5.46. The number of carbonyl (C=O) groups excluding carboxylic acids is 1. The topological polar surface area (TPSA) is 53.6 Å². The number of ether oxygens (including phenoxy) is 1. The quantitative estimate of drug-likeness (QED) is 0.773. The molecule has 2 aliphatic heterocycles. The van der Waals surface area contributed by atoms with Crippen LogP contribution in [0.3, 0.4) is 0 Å². The summed E-state index contributed by atoms with van der Waals surface area (Å²) in [7, 11) is 0. The van der Waals surface area contributed by atoms with Gasteiger partial charge in [0.15, 0.2) is 0 Å². The zero-order chi connectivity index (χ0) is 15.2. The average Bonchev–Trinajstić information content (AvgIpc) is 3.22. The summed E-state index contributed by atoms with van der Waals surface area (Å²) >= 11 is 1.77. The Kier molecular flexibility index (Phi) is 10.2. The van der Waals surface area contributed by atoms with Crippen LogP contribution in [0.25, 0.3) is 0 Å². The molecule has 24 heavy (non-hydrogen) atoms. The number of thiophene rings is 1. The van der Waals surface area contributed by atoms with E-state index in [4.69, 9.17) is 4.74 Å². The zero-order valence-electron chi connectivity index (χ0n) is 13.7. The van der Waals surface area contributed by atoms with E-state index in [1.165, 1.54) is 4.88 Å². The van der Waals surface area contributed by atoms with Crippen LogP contribution in [0, 0.1) is 5.92 Å². The maximum absolute atomic E-state index is 12.2. The molecule has 3 heterocycles. The van der Waals surface area contributed by atoms with Crippen molar-refractivity contribution in [2.24, 2.45) is 5.92 Å². The highest BCUT2D eigenvalue weighted by Crippen LogP contribution is 2.25. The summed E-state index contributed by atoms with van der Waals surface area (Å²) in [6.07, 6.45) is 1.76. The van der Waals surface area contributed by atoms with Crippen molar-refractivity contribution in [2.45, 2.75) is 18.9 Å².